The Morgan fingerprint density at radius 2 is 1.50 bits per heavy atom. The van der Waals surface area contributed by atoms with Gasteiger partial charge in [0.1, 0.15) is 0 Å². The Hall–Kier alpha value is -2.85. The molecule has 0 bridgehead atoms. The van der Waals surface area contributed by atoms with Crippen molar-refractivity contribution < 1.29 is 0 Å². The van der Waals surface area contributed by atoms with Crippen LogP contribution in [0, 0.1) is 11.3 Å². The van der Waals surface area contributed by atoms with E-state index in [1.807, 2.05) is 42.5 Å². The third kappa shape index (κ3) is 10.8. The zero-order chi connectivity index (χ0) is 18.0. The van der Waals surface area contributed by atoms with Crippen molar-refractivity contribution in [1.82, 2.24) is 0 Å². The molecule has 0 atom stereocenters. The molecule has 2 aromatic carbocycles. The lowest BCUT2D eigenvalue weighted by Crippen LogP contribution is -1.81. The van der Waals surface area contributed by atoms with E-state index in [0.29, 0.717) is 0 Å². The van der Waals surface area contributed by atoms with Crippen LogP contribution in [0.2, 0.25) is 0 Å². The molecule has 0 spiro atoms. The van der Waals surface area contributed by atoms with Gasteiger partial charge in [0, 0.05) is 6.08 Å². The van der Waals surface area contributed by atoms with Crippen LogP contribution in [0.15, 0.2) is 86.5 Å². The summed E-state index contributed by atoms with van der Waals surface area (Å²) >= 11 is 0. The number of nitriles is 1. The van der Waals surface area contributed by atoms with Crippen molar-refractivity contribution >= 4 is 11.6 Å². The molecule has 0 unspecified atom stereocenters. The molecule has 0 aliphatic carbocycles. The van der Waals surface area contributed by atoms with E-state index in [9.17, 15) is 0 Å². The van der Waals surface area contributed by atoms with Crippen LogP contribution in [0.4, 0.5) is 0 Å². The Labute approximate surface area is 147 Å². The van der Waals surface area contributed by atoms with Crippen LogP contribution in [0.25, 0.3) is 11.6 Å². The Morgan fingerprint density at radius 3 is 1.88 bits per heavy atom. The van der Waals surface area contributed by atoms with Crippen LogP contribution in [-0.2, 0) is 0 Å². The molecule has 0 fully saturated rings. The zero-order valence-electron chi connectivity index (χ0n) is 14.6. The summed E-state index contributed by atoms with van der Waals surface area (Å²) in [6.45, 7) is 13.0. The summed E-state index contributed by atoms with van der Waals surface area (Å²) in [6.07, 6.45) is 6.63. The molecular weight excluding hydrogens is 290 g/mol. The number of hydrogen-bond donors (Lipinski definition) is 0. The molecule has 0 amide bonds. The molecule has 1 nitrogen and oxygen atoms in total. The third-order valence-corrected chi connectivity index (χ3v) is 3.14. The maximum Gasteiger partial charge on any atom is 0.0905 e. The summed E-state index contributed by atoms with van der Waals surface area (Å²) in [4.78, 5) is 0. The minimum Gasteiger partial charge on any atom is -0.193 e. The van der Waals surface area contributed by atoms with E-state index in [0.717, 1.165) is 6.42 Å². The van der Waals surface area contributed by atoms with Gasteiger partial charge < -0.3 is 0 Å². The quantitative estimate of drug-likeness (QED) is 0.549. The molecular formula is C23H27N. The topological polar surface area (TPSA) is 23.8 Å². The summed E-state index contributed by atoms with van der Waals surface area (Å²) in [5.74, 6) is 0. The molecule has 0 heterocycles. The first-order valence-electron chi connectivity index (χ1n) is 8.10. The van der Waals surface area contributed by atoms with Crippen molar-refractivity contribution in [2.75, 3.05) is 0 Å². The molecule has 0 saturated carbocycles. The number of benzene rings is 2. The van der Waals surface area contributed by atoms with Gasteiger partial charge in [-0.15, -0.1) is 0 Å². The second-order valence-electron chi connectivity index (χ2n) is 5.02. The number of rotatable bonds is 5. The van der Waals surface area contributed by atoms with Crippen molar-refractivity contribution in [2.24, 2.45) is 0 Å². The molecule has 0 N–H and O–H groups in total. The summed E-state index contributed by atoms with van der Waals surface area (Å²) in [6, 6.07) is 22.1. The molecule has 0 aliphatic rings. The maximum absolute atomic E-state index is 7.51. The summed E-state index contributed by atoms with van der Waals surface area (Å²) in [5.41, 5.74) is 3.72. The number of hydrogen-bond acceptors (Lipinski definition) is 1. The highest BCUT2D eigenvalue weighted by Crippen LogP contribution is 2.17. The molecule has 1 heteroatoms. The molecule has 2 rings (SSSR count). The highest BCUT2D eigenvalue weighted by molar-refractivity contribution is 5.62. The fourth-order valence-electron chi connectivity index (χ4n) is 1.80. The molecule has 24 heavy (non-hydrogen) atoms. The molecule has 0 radical (unpaired) electrons. The van der Waals surface area contributed by atoms with Crippen molar-refractivity contribution in [3.05, 3.63) is 97.6 Å². The second kappa shape index (κ2) is 15.1. The summed E-state index contributed by atoms with van der Waals surface area (Å²) < 4.78 is 0. The van der Waals surface area contributed by atoms with E-state index >= 15 is 0 Å². The molecule has 124 valence electrons. The van der Waals surface area contributed by atoms with Gasteiger partial charge in [0.2, 0.25) is 0 Å². The lowest BCUT2D eigenvalue weighted by molar-refractivity contribution is 0.825. The lowest BCUT2D eigenvalue weighted by atomic mass is 10.0. The van der Waals surface area contributed by atoms with E-state index in [1.54, 1.807) is 6.07 Å². The van der Waals surface area contributed by atoms with E-state index in [-0.39, 0.29) is 0 Å². The predicted molar refractivity (Wildman–Crippen MR) is 107 cm³/mol. The van der Waals surface area contributed by atoms with Gasteiger partial charge >= 0.3 is 0 Å². The van der Waals surface area contributed by atoms with E-state index in [2.05, 4.69) is 50.9 Å². The van der Waals surface area contributed by atoms with Gasteiger partial charge in [0.15, 0.2) is 0 Å². The molecule has 0 saturated heterocycles. The monoisotopic (exact) mass is 317 g/mol. The highest BCUT2D eigenvalue weighted by atomic mass is 14.2. The molecule has 2 aromatic rings. The minimum absolute atomic E-state index is 1.13. The first-order valence-corrected chi connectivity index (χ1v) is 8.10. The predicted octanol–water partition coefficient (Wildman–Crippen LogP) is 6.92. The maximum atomic E-state index is 7.51. The van der Waals surface area contributed by atoms with Crippen LogP contribution in [-0.4, -0.2) is 0 Å². The van der Waals surface area contributed by atoms with Crippen molar-refractivity contribution in [3.8, 4) is 6.07 Å². The molecule has 0 aromatic heterocycles. The highest BCUT2D eigenvalue weighted by Gasteiger charge is 1.95. The van der Waals surface area contributed by atoms with Crippen molar-refractivity contribution in [1.29, 1.82) is 5.26 Å². The van der Waals surface area contributed by atoms with Crippen LogP contribution >= 0.6 is 0 Å². The molecule has 0 aliphatic heterocycles. The lowest BCUT2D eigenvalue weighted by Gasteiger charge is -2.03. The minimum atomic E-state index is 1.13. The van der Waals surface area contributed by atoms with Crippen LogP contribution in [0.3, 0.4) is 0 Å². The van der Waals surface area contributed by atoms with Gasteiger partial charge in [-0.2, -0.15) is 5.26 Å². The summed E-state index contributed by atoms with van der Waals surface area (Å²) in [5, 5.41) is 7.51. The van der Waals surface area contributed by atoms with Gasteiger partial charge in [0.05, 0.1) is 6.07 Å². The number of allylic oxidation sites excluding steroid dienone is 2. The first-order chi connectivity index (χ1) is 11.7. The van der Waals surface area contributed by atoms with Gasteiger partial charge in [-0.05, 0) is 29.5 Å². The van der Waals surface area contributed by atoms with Gasteiger partial charge in [0.25, 0.3) is 0 Å². The Bertz CT molecular complexity index is 618. The Morgan fingerprint density at radius 1 is 1.00 bits per heavy atom. The number of unbranched alkanes of at least 4 members (excludes halogenated alkanes) is 1. The van der Waals surface area contributed by atoms with Crippen LogP contribution < -0.4 is 0 Å². The smallest absolute Gasteiger partial charge is 0.0905 e. The van der Waals surface area contributed by atoms with Gasteiger partial charge in [-0.25, -0.2) is 0 Å². The standard InChI is InChI=1S/C12H16.C8H8.C3H3N/c1-3-4-8-11(2)12-9-6-5-7-10-12;1-2-8-6-4-3-5-7-8;1-2-3-4/h5-7,9-10H,2-4,8H2,1H3;2-7H,1H2;2H,1H2. The fourth-order valence-corrected chi connectivity index (χ4v) is 1.80. The van der Waals surface area contributed by atoms with Crippen LogP contribution in [0.1, 0.15) is 37.3 Å². The number of nitrogens with zero attached hydrogens (tertiary/aromatic N) is 1. The van der Waals surface area contributed by atoms with Gasteiger partial charge in [-0.3, -0.25) is 0 Å². The Balaban J connectivity index is 0.000000379. The van der Waals surface area contributed by atoms with Crippen molar-refractivity contribution in [2.45, 2.75) is 26.2 Å². The van der Waals surface area contributed by atoms with Crippen molar-refractivity contribution in [3.63, 3.8) is 0 Å². The first kappa shape index (κ1) is 21.1. The summed E-state index contributed by atoms with van der Waals surface area (Å²) in [7, 11) is 0. The van der Waals surface area contributed by atoms with E-state index in [1.165, 1.54) is 35.6 Å². The normalized spacial score (nSPS) is 8.33. The average Bonchev–Trinajstić information content (AvgIpc) is 2.68. The largest absolute Gasteiger partial charge is 0.193 e. The zero-order valence-corrected chi connectivity index (χ0v) is 14.6. The SMILES string of the molecule is C=C(CCCC)c1ccccc1.C=CC#N.C=Cc1ccccc1. The van der Waals surface area contributed by atoms with Crippen LogP contribution in [0.5, 0.6) is 0 Å². The fraction of sp³-hybridized carbons (Fsp3) is 0.174. The van der Waals surface area contributed by atoms with E-state index in [4.69, 9.17) is 5.26 Å². The second-order valence-corrected chi connectivity index (χ2v) is 5.02. The van der Waals surface area contributed by atoms with Gasteiger partial charge in [-0.1, -0.05) is 99.8 Å². The third-order valence-electron chi connectivity index (χ3n) is 3.14. The average molecular weight is 317 g/mol. The van der Waals surface area contributed by atoms with E-state index < -0.39 is 0 Å². The Kier molecular flexibility index (Phi) is 13.3.